The second-order valence-corrected chi connectivity index (χ2v) is 41.9. The number of likely N-dealkylation sites (N-methyl/N-ethyl adjacent to an activating group) is 1. The van der Waals surface area contributed by atoms with Crippen molar-refractivity contribution in [1.82, 2.24) is 73.1 Å². The second-order valence-electron chi connectivity index (χ2n) is 32.5. The highest BCUT2D eigenvalue weighted by atomic mass is 32.3. The molecule has 1 aliphatic carbocycles. The number of alkyl halides is 3. The molecule has 14 aromatic rings. The van der Waals surface area contributed by atoms with Crippen molar-refractivity contribution >= 4 is 167 Å². The minimum absolute atomic E-state index is 0.0128. The third-order valence-electron chi connectivity index (χ3n) is 23.1. The molecule has 39 heteroatoms. The predicted molar refractivity (Wildman–Crippen MR) is 509 cm³/mol. The highest BCUT2D eigenvalue weighted by Crippen LogP contribution is 2.42. The van der Waals surface area contributed by atoms with Gasteiger partial charge in [-0.2, -0.15) is 32.5 Å². The van der Waals surface area contributed by atoms with Gasteiger partial charge >= 0.3 is 6.18 Å². The molecule has 4 N–H and O–H groups in total. The van der Waals surface area contributed by atoms with E-state index in [0.29, 0.717) is 90.2 Å². The number of ether oxygens (including phenoxy) is 1. The number of anilines is 8. The van der Waals surface area contributed by atoms with Crippen LogP contribution >= 0.6 is 45.5 Å². The van der Waals surface area contributed by atoms with E-state index in [-0.39, 0.29) is 76.8 Å². The van der Waals surface area contributed by atoms with E-state index in [1.807, 2.05) is 56.3 Å². The first-order valence-corrected chi connectivity index (χ1v) is 50.0. The summed E-state index contributed by atoms with van der Waals surface area (Å²) in [7, 11) is -5.72. The lowest BCUT2D eigenvalue weighted by Crippen LogP contribution is -2.44. The zero-order chi connectivity index (χ0) is 91.3. The Balaban J connectivity index is 0.000000143. The minimum Gasteiger partial charge on any atom is -0.488 e. The van der Waals surface area contributed by atoms with Gasteiger partial charge < -0.3 is 45.6 Å². The molecule has 3 aliphatic heterocycles. The first kappa shape index (κ1) is 91.6. The smallest absolute Gasteiger partial charge is 0.400 e. The molecule has 676 valence electrons. The average molecular weight is 1890 g/mol. The number of thiazole rings is 1. The first-order valence-electron chi connectivity index (χ1n) is 42.3. The van der Waals surface area contributed by atoms with Gasteiger partial charge in [0.2, 0.25) is 41.9 Å². The van der Waals surface area contributed by atoms with Crippen molar-refractivity contribution in [3.8, 4) is 5.75 Å². The Labute approximate surface area is 767 Å². The number of pyridine rings is 4. The molecule has 11 aromatic heterocycles. The van der Waals surface area contributed by atoms with Crippen LogP contribution in [0.3, 0.4) is 0 Å². The Morgan fingerprint density at radius 2 is 1.16 bits per heavy atom. The number of likely N-dealkylation sites (tertiary alicyclic amines) is 1. The molecule has 29 nitrogen and oxygen atoms in total. The first-order chi connectivity index (χ1) is 62.5. The van der Waals surface area contributed by atoms with Crippen LogP contribution in [0.5, 0.6) is 5.75 Å². The summed E-state index contributed by atoms with van der Waals surface area (Å²) in [6.45, 7) is 26.2. The van der Waals surface area contributed by atoms with Crippen LogP contribution in [-0.2, 0) is 50.1 Å². The number of allylic oxidation sites excluding steroid dienone is 2. The summed E-state index contributed by atoms with van der Waals surface area (Å²) in [5.74, 6) is 0.417. The Kier molecular flexibility index (Phi) is 27.9. The number of nitrogens with one attached hydrogen (secondary N) is 4. The number of halogens is 3. The third-order valence-corrected chi connectivity index (χ3v) is 33.3. The van der Waals surface area contributed by atoms with Crippen LogP contribution in [-0.4, -0.2) is 187 Å². The topological polar surface area (TPSA) is 338 Å². The highest BCUT2D eigenvalue weighted by Gasteiger charge is 2.35. The van der Waals surface area contributed by atoms with E-state index in [2.05, 4.69) is 134 Å². The van der Waals surface area contributed by atoms with E-state index in [1.54, 1.807) is 65.9 Å². The zero-order valence-electron chi connectivity index (χ0n) is 72.1. The zero-order valence-corrected chi connectivity index (χ0v) is 77.8. The van der Waals surface area contributed by atoms with E-state index in [0.717, 1.165) is 171 Å². The summed E-state index contributed by atoms with van der Waals surface area (Å²) in [5.41, 5.74) is 10.3. The fourth-order valence-electron chi connectivity index (χ4n) is 15.8. The lowest BCUT2D eigenvalue weighted by atomic mass is 9.89. The number of sulfone groups is 2. The van der Waals surface area contributed by atoms with Gasteiger partial charge in [0.25, 0.3) is 16.7 Å². The molecule has 0 amide bonds. The van der Waals surface area contributed by atoms with E-state index >= 15 is 0 Å². The molecule has 4 fully saturated rings. The van der Waals surface area contributed by atoms with E-state index in [1.165, 1.54) is 67.9 Å². The fraction of sp³-hybridized carbons (Fsp3) is 0.319. The van der Waals surface area contributed by atoms with Crippen LogP contribution in [0.4, 0.5) is 59.5 Å². The van der Waals surface area contributed by atoms with Crippen LogP contribution in [0.2, 0.25) is 0 Å². The minimum atomic E-state index is -4.58. The number of fused-ring (bicyclic) bond motifs is 3. The van der Waals surface area contributed by atoms with Crippen LogP contribution in [0, 0.1) is 18.8 Å². The Bertz CT molecular complexity index is 6970. The SMILES string of the molecule is C=C(c1cc2cnc(Nc3ccc(N4CCN(C)CC4)cc3)nc2n(Cc2sccc2S(=O)CC(F)(F)F)c1=O)C1CC1.C=C(c1cc2cnc(Nc3ccc(N4CCNCC4)c(C)c3)nc2n(Cc2cnsc2S(=O)(=O)c2nccs2)c1=O)C(C)C.CCOc1cc2cnc(Nc3ccc(C4CCN(C)CC4)cc3)nc2n(Cc2ccsc2S(=O)(=O)c2ccncc2)c1=O. The van der Waals surface area contributed by atoms with Gasteiger partial charge in [0.05, 0.1) is 46.8 Å². The molecule has 1 unspecified atom stereocenters. The number of piperidine rings is 1. The Hall–Kier alpha value is -11.7. The molecule has 0 radical (unpaired) electrons. The van der Waals surface area contributed by atoms with Crippen LogP contribution in [0.25, 0.3) is 44.2 Å². The predicted octanol–water partition coefficient (Wildman–Crippen LogP) is 15.3. The molecule has 0 bridgehead atoms. The van der Waals surface area contributed by atoms with Crippen molar-refractivity contribution < 1.29 is 39.0 Å². The summed E-state index contributed by atoms with van der Waals surface area (Å²) >= 11 is 4.17. The number of nitrogens with zero attached hydrogens (tertiary/aromatic N) is 16. The largest absolute Gasteiger partial charge is 0.488 e. The molecular weight excluding hydrogens is 1800 g/mol. The lowest BCUT2D eigenvalue weighted by molar-refractivity contribution is -0.105. The number of hydrogen-bond acceptors (Lipinski definition) is 30. The maximum atomic E-state index is 14.0. The Morgan fingerprint density at radius 3 is 1.76 bits per heavy atom. The van der Waals surface area contributed by atoms with Crippen molar-refractivity contribution in [1.29, 1.82) is 0 Å². The van der Waals surface area contributed by atoms with Gasteiger partial charge in [0, 0.05) is 173 Å². The molecule has 1 saturated carbocycles. The number of piperazine rings is 2. The molecule has 3 saturated heterocycles. The third kappa shape index (κ3) is 20.9. The lowest BCUT2D eigenvalue weighted by Gasteiger charge is -2.34. The molecule has 0 spiro atoms. The van der Waals surface area contributed by atoms with Crippen molar-refractivity contribution in [3.63, 3.8) is 0 Å². The molecule has 130 heavy (non-hydrogen) atoms. The van der Waals surface area contributed by atoms with Gasteiger partial charge in [-0.25, -0.2) is 36.8 Å². The molecule has 3 aromatic carbocycles. The van der Waals surface area contributed by atoms with Crippen LogP contribution < -0.4 is 52.5 Å². The van der Waals surface area contributed by atoms with Crippen LogP contribution in [0.15, 0.2) is 219 Å². The Morgan fingerprint density at radius 1 is 0.592 bits per heavy atom. The molecule has 1 atom stereocenters. The van der Waals surface area contributed by atoms with Gasteiger partial charge in [-0.3, -0.25) is 37.3 Å². The van der Waals surface area contributed by atoms with Gasteiger partial charge in [0.15, 0.2) is 9.96 Å². The second kappa shape index (κ2) is 39.6. The highest BCUT2D eigenvalue weighted by molar-refractivity contribution is 7.95. The number of thiophene rings is 2. The van der Waals surface area contributed by atoms with Gasteiger partial charge in [-0.1, -0.05) is 39.1 Å². The number of aromatic nitrogens is 12. The summed E-state index contributed by atoms with van der Waals surface area (Å²) in [5, 5.41) is 19.9. The summed E-state index contributed by atoms with van der Waals surface area (Å²) < 4.78 is 120. The molecule has 4 aliphatic rings. The van der Waals surface area contributed by atoms with Crippen molar-refractivity contribution in [2.45, 2.75) is 108 Å². The van der Waals surface area contributed by atoms with Gasteiger partial charge in [-0.15, -0.1) is 34.0 Å². The number of benzene rings is 3. The summed E-state index contributed by atoms with van der Waals surface area (Å²) in [6.07, 6.45) is 10.4. The summed E-state index contributed by atoms with van der Waals surface area (Å²) in [6, 6.07) is 33.6. The average Bonchev–Trinajstić information content (AvgIpc) is 1.30. The standard InChI is InChI=1S/C31H32N6O4S2.C30H31F3N6O2S2.C30H32N8O3S3/c1-3-41-27-18-24-19-33-31(34-25-6-4-21(5-7-25)22-10-15-36(2)16-11-22)35-28(24)37(29(27)38)20-23-12-17-42-30(23)43(39,40)26-8-13-32-14-9-26;1-19(20-3-4-20)24-15-21-16-34-29(35-22-5-7-23(8-6-22)38-12-10-37(2)11-13-38)36-27(21)39(28(24)40)17-25-26(9-14-42-25)43(41)18-30(31,32)33;1-18(2)20(4)24-14-21-15-33-29(35-23-5-6-25(19(3)13-23)37-10-7-31-8-11-37)36-26(21)38(27(24)39)17-22-16-34-43-28(22)44(40,41)30-32-9-12-42-30/h4-9,12-14,17-19,22H,3,10-11,15-16,20H2,1-2H3,(H,33,34,35);5-9,14-16,20H,1,3-4,10-13,17-18H2,2H3,(H,34,35,36);5-6,9,12-16,18,31H,4,7-8,10-11,17H2,1-3H3,(H,33,35,36). The normalized spacial score (nSPS) is 15.2. The molecular formula is C91H95F3N20O9S7. The maximum absolute atomic E-state index is 14.0. The monoisotopic (exact) mass is 1890 g/mol. The van der Waals surface area contributed by atoms with Crippen molar-refractivity contribution in [2.75, 3.05) is 118 Å². The molecule has 14 heterocycles. The van der Waals surface area contributed by atoms with E-state index < -0.39 is 48.0 Å². The van der Waals surface area contributed by atoms with Gasteiger partial charge in [-0.05, 0) is 226 Å². The van der Waals surface area contributed by atoms with E-state index in [4.69, 9.17) is 14.7 Å². The van der Waals surface area contributed by atoms with Crippen LogP contribution in [0.1, 0.15) is 90.6 Å². The number of rotatable bonds is 27. The number of hydrogen-bond donors (Lipinski definition) is 4. The van der Waals surface area contributed by atoms with Gasteiger partial charge in [0.1, 0.15) is 26.9 Å². The quantitative estimate of drug-likeness (QED) is 0.0371. The molecule has 18 rings (SSSR count). The van der Waals surface area contributed by atoms with Crippen molar-refractivity contribution in [3.05, 3.63) is 251 Å². The summed E-state index contributed by atoms with van der Waals surface area (Å²) in [4.78, 5) is 87.0. The van der Waals surface area contributed by atoms with Crippen molar-refractivity contribution in [2.24, 2.45) is 11.8 Å². The fourth-order valence-corrected chi connectivity index (χ4v) is 24.4. The maximum Gasteiger partial charge on any atom is 0.400 e. The number of aryl methyl sites for hydroxylation is 1. The van der Waals surface area contributed by atoms with E-state index in [9.17, 15) is 48.6 Å².